The lowest BCUT2D eigenvalue weighted by molar-refractivity contribution is -0.133. The number of benzene rings is 1. The molecule has 0 radical (unpaired) electrons. The van der Waals surface area contributed by atoms with Crippen LogP contribution in [0, 0.1) is 0 Å². The number of aromatic nitrogens is 3. The summed E-state index contributed by atoms with van der Waals surface area (Å²) in [6, 6.07) is 9.55. The normalized spacial score (nSPS) is 17.2. The van der Waals surface area contributed by atoms with Crippen molar-refractivity contribution in [2.75, 3.05) is 13.1 Å². The molecule has 0 unspecified atom stereocenters. The molecule has 6 nitrogen and oxygen atoms in total. The first-order valence-corrected chi connectivity index (χ1v) is 9.50. The van der Waals surface area contributed by atoms with Gasteiger partial charge in [0.2, 0.25) is 5.91 Å². The van der Waals surface area contributed by atoms with Crippen molar-refractivity contribution >= 4 is 17.5 Å². The van der Waals surface area contributed by atoms with E-state index in [1.807, 2.05) is 35.2 Å². The lowest BCUT2D eigenvalue weighted by atomic mass is 9.98. The monoisotopic (exact) mass is 384 g/mol. The van der Waals surface area contributed by atoms with Gasteiger partial charge in [-0.15, -0.1) is 0 Å². The molecule has 0 saturated carbocycles. The first kappa shape index (κ1) is 17.8. The Bertz CT molecular complexity index is 906. The number of oxazole rings is 1. The van der Waals surface area contributed by atoms with E-state index in [9.17, 15) is 4.79 Å². The van der Waals surface area contributed by atoms with Crippen LogP contribution >= 0.6 is 11.6 Å². The number of piperidine rings is 1. The molecule has 1 aromatic carbocycles. The molecule has 27 heavy (non-hydrogen) atoms. The van der Waals surface area contributed by atoms with Crippen molar-refractivity contribution in [3.8, 4) is 0 Å². The molecular weight excluding hydrogens is 364 g/mol. The minimum absolute atomic E-state index is 0.0752. The van der Waals surface area contributed by atoms with Crippen molar-refractivity contribution in [2.24, 2.45) is 0 Å². The number of hydrogen-bond donors (Lipinski definition) is 0. The van der Waals surface area contributed by atoms with Crippen molar-refractivity contribution in [1.82, 2.24) is 19.7 Å². The van der Waals surface area contributed by atoms with E-state index in [4.69, 9.17) is 16.0 Å². The molecule has 0 bridgehead atoms. The SMILES string of the molecule is O=C(Cn1cccn1)N1CCC[C@@H](c2ncc(Cc3ccccc3Cl)o2)C1. The lowest BCUT2D eigenvalue weighted by Crippen LogP contribution is -2.41. The maximum absolute atomic E-state index is 12.5. The van der Waals surface area contributed by atoms with E-state index in [2.05, 4.69) is 10.1 Å². The number of halogens is 1. The molecule has 3 heterocycles. The van der Waals surface area contributed by atoms with Crippen molar-refractivity contribution in [1.29, 1.82) is 0 Å². The zero-order valence-electron chi connectivity index (χ0n) is 14.9. The van der Waals surface area contributed by atoms with E-state index < -0.39 is 0 Å². The lowest BCUT2D eigenvalue weighted by Gasteiger charge is -2.31. The first-order valence-electron chi connectivity index (χ1n) is 9.12. The van der Waals surface area contributed by atoms with Crippen LogP contribution in [0.4, 0.5) is 0 Å². The number of amides is 1. The Balaban J connectivity index is 1.40. The summed E-state index contributed by atoms with van der Waals surface area (Å²) in [7, 11) is 0. The molecule has 0 aliphatic carbocycles. The van der Waals surface area contributed by atoms with Crippen LogP contribution in [0.2, 0.25) is 5.02 Å². The van der Waals surface area contributed by atoms with E-state index in [1.54, 1.807) is 23.3 Å². The Labute approximate surface area is 162 Å². The van der Waals surface area contributed by atoms with E-state index in [-0.39, 0.29) is 18.4 Å². The van der Waals surface area contributed by atoms with Gasteiger partial charge in [0.15, 0.2) is 5.89 Å². The first-order chi connectivity index (χ1) is 13.2. The predicted molar refractivity (Wildman–Crippen MR) is 102 cm³/mol. The molecule has 0 spiro atoms. The highest BCUT2D eigenvalue weighted by Gasteiger charge is 2.28. The summed E-state index contributed by atoms with van der Waals surface area (Å²) in [6.07, 6.45) is 7.77. The summed E-state index contributed by atoms with van der Waals surface area (Å²) in [5.74, 6) is 1.69. The third kappa shape index (κ3) is 4.22. The van der Waals surface area contributed by atoms with Crippen molar-refractivity contribution in [2.45, 2.75) is 31.7 Å². The molecule has 2 aromatic heterocycles. The molecule has 1 aliphatic heterocycles. The van der Waals surface area contributed by atoms with E-state index in [0.29, 0.717) is 18.9 Å². The molecule has 0 N–H and O–H groups in total. The Hall–Kier alpha value is -2.60. The second-order valence-electron chi connectivity index (χ2n) is 6.82. The number of likely N-dealkylation sites (tertiary alicyclic amines) is 1. The third-order valence-corrected chi connectivity index (χ3v) is 5.24. The molecule has 140 valence electrons. The minimum atomic E-state index is 0.0752. The number of rotatable bonds is 5. The highest BCUT2D eigenvalue weighted by Crippen LogP contribution is 2.28. The van der Waals surface area contributed by atoms with E-state index in [1.165, 1.54) is 0 Å². The topological polar surface area (TPSA) is 64.2 Å². The Kier molecular flexibility index (Phi) is 5.25. The van der Waals surface area contributed by atoms with Gasteiger partial charge in [0, 0.05) is 36.9 Å². The van der Waals surface area contributed by atoms with Gasteiger partial charge in [-0.05, 0) is 30.5 Å². The quantitative estimate of drug-likeness (QED) is 0.675. The van der Waals surface area contributed by atoms with Gasteiger partial charge >= 0.3 is 0 Å². The van der Waals surface area contributed by atoms with Crippen LogP contribution in [0.25, 0.3) is 0 Å². The fourth-order valence-corrected chi connectivity index (χ4v) is 3.66. The predicted octanol–water partition coefficient (Wildman–Crippen LogP) is 3.52. The van der Waals surface area contributed by atoms with Crippen molar-refractivity contribution < 1.29 is 9.21 Å². The molecule has 3 aromatic rings. The molecule has 1 atom stereocenters. The highest BCUT2D eigenvalue weighted by molar-refractivity contribution is 6.31. The standard InChI is InChI=1S/C20H21ClN4O2/c21-18-7-2-1-5-15(18)11-17-12-22-20(27-17)16-6-3-9-24(13-16)19(26)14-25-10-4-8-23-25/h1-2,4-5,7-8,10,12,16H,3,6,9,11,13-14H2/t16-/m1/s1. The number of carbonyl (C=O) groups is 1. The van der Waals surface area contributed by atoms with Crippen LogP contribution < -0.4 is 0 Å². The largest absolute Gasteiger partial charge is 0.445 e. The Morgan fingerprint density at radius 1 is 1.30 bits per heavy atom. The van der Waals surface area contributed by atoms with E-state index in [0.717, 1.165) is 35.7 Å². The second-order valence-corrected chi connectivity index (χ2v) is 7.22. The van der Waals surface area contributed by atoms with Gasteiger partial charge < -0.3 is 9.32 Å². The summed E-state index contributed by atoms with van der Waals surface area (Å²) in [5.41, 5.74) is 1.02. The van der Waals surface area contributed by atoms with Gasteiger partial charge in [0.25, 0.3) is 0 Å². The summed E-state index contributed by atoms with van der Waals surface area (Å²) < 4.78 is 7.64. The maximum atomic E-state index is 12.5. The average Bonchev–Trinajstić information content (AvgIpc) is 3.36. The van der Waals surface area contributed by atoms with Gasteiger partial charge in [-0.25, -0.2) is 4.98 Å². The minimum Gasteiger partial charge on any atom is -0.445 e. The Morgan fingerprint density at radius 3 is 3.00 bits per heavy atom. The molecule has 7 heteroatoms. The zero-order valence-corrected chi connectivity index (χ0v) is 15.7. The summed E-state index contributed by atoms with van der Waals surface area (Å²) in [4.78, 5) is 18.9. The van der Waals surface area contributed by atoms with Crippen LogP contribution in [0.3, 0.4) is 0 Å². The summed E-state index contributed by atoms with van der Waals surface area (Å²) in [6.45, 7) is 1.67. The van der Waals surface area contributed by atoms with Crippen LogP contribution in [0.15, 0.2) is 53.3 Å². The zero-order chi connectivity index (χ0) is 18.6. The van der Waals surface area contributed by atoms with Crippen LogP contribution in [0.1, 0.15) is 36.0 Å². The number of nitrogens with zero attached hydrogens (tertiary/aromatic N) is 4. The molecular formula is C20H21ClN4O2. The van der Waals surface area contributed by atoms with E-state index >= 15 is 0 Å². The highest BCUT2D eigenvalue weighted by atomic mass is 35.5. The smallest absolute Gasteiger partial charge is 0.244 e. The van der Waals surface area contributed by atoms with Gasteiger partial charge in [0.1, 0.15) is 12.3 Å². The molecule has 1 amide bonds. The van der Waals surface area contributed by atoms with Crippen molar-refractivity contribution in [3.63, 3.8) is 0 Å². The fraction of sp³-hybridized carbons (Fsp3) is 0.350. The van der Waals surface area contributed by atoms with Gasteiger partial charge in [-0.1, -0.05) is 29.8 Å². The van der Waals surface area contributed by atoms with Crippen LogP contribution in [-0.2, 0) is 17.8 Å². The third-order valence-electron chi connectivity index (χ3n) is 4.87. The van der Waals surface area contributed by atoms with Gasteiger partial charge in [-0.3, -0.25) is 9.48 Å². The second kappa shape index (κ2) is 7.96. The van der Waals surface area contributed by atoms with Crippen LogP contribution in [0.5, 0.6) is 0 Å². The summed E-state index contributed by atoms with van der Waals surface area (Å²) in [5, 5.41) is 4.83. The number of hydrogen-bond acceptors (Lipinski definition) is 4. The average molecular weight is 385 g/mol. The van der Waals surface area contributed by atoms with Crippen molar-refractivity contribution in [3.05, 3.63) is 71.2 Å². The maximum Gasteiger partial charge on any atom is 0.244 e. The number of carbonyl (C=O) groups excluding carboxylic acids is 1. The van der Waals surface area contributed by atoms with Crippen LogP contribution in [-0.4, -0.2) is 38.7 Å². The molecule has 1 aliphatic rings. The molecule has 1 fully saturated rings. The van der Waals surface area contributed by atoms with Gasteiger partial charge in [0.05, 0.1) is 12.1 Å². The molecule has 1 saturated heterocycles. The van der Waals surface area contributed by atoms with Gasteiger partial charge in [-0.2, -0.15) is 5.10 Å². The Morgan fingerprint density at radius 2 is 2.19 bits per heavy atom. The molecule has 4 rings (SSSR count). The summed E-state index contributed by atoms with van der Waals surface area (Å²) >= 11 is 6.23. The fourth-order valence-electron chi connectivity index (χ4n) is 3.46.